The summed E-state index contributed by atoms with van der Waals surface area (Å²) in [5.74, 6) is -2.48. The van der Waals surface area contributed by atoms with Crippen molar-refractivity contribution in [3.63, 3.8) is 0 Å². The molecule has 1 N–H and O–H groups in total. The van der Waals surface area contributed by atoms with E-state index < -0.39 is 35.5 Å². The lowest BCUT2D eigenvalue weighted by atomic mass is 9.76. The van der Waals surface area contributed by atoms with Gasteiger partial charge in [-0.2, -0.15) is 5.26 Å². The Morgan fingerprint density at radius 3 is 2.21 bits per heavy atom. The molecular formula is C44H45ClFN7O5. The SMILES string of the molecule is C[C@H]1CC2(CCN(c3ccc(C(=O)N4CCC(CN5Cc6cc7c(cc6C5)C(=O)N(C5CCC(=O)NC5=O)C7=O)CC4)c(F)c3)CC2)CN1c1ccc(C#N)c(Cl)c1. The van der Waals surface area contributed by atoms with E-state index in [0.717, 1.165) is 85.7 Å². The van der Waals surface area contributed by atoms with Gasteiger partial charge in [0.25, 0.3) is 17.7 Å². The average molecular weight is 806 g/mol. The molecule has 5 amide bonds. The van der Waals surface area contributed by atoms with Crippen molar-refractivity contribution < 1.29 is 28.4 Å². The Hall–Kier alpha value is -5.32. The fourth-order valence-corrected chi connectivity index (χ4v) is 10.6. The molecule has 0 aliphatic carbocycles. The first-order chi connectivity index (χ1) is 27.9. The minimum absolute atomic E-state index is 0.0769. The highest BCUT2D eigenvalue weighted by molar-refractivity contribution is 6.32. The van der Waals surface area contributed by atoms with Crippen LogP contribution in [0, 0.1) is 28.5 Å². The molecule has 12 nitrogen and oxygen atoms in total. The van der Waals surface area contributed by atoms with Gasteiger partial charge in [-0.3, -0.25) is 39.1 Å². The minimum atomic E-state index is -0.989. The number of nitrogens with zero attached hydrogens (tertiary/aromatic N) is 6. The van der Waals surface area contributed by atoms with E-state index in [9.17, 15) is 29.2 Å². The number of carbonyl (C=O) groups excluding carboxylic acids is 5. The third-order valence-electron chi connectivity index (χ3n) is 13.5. The monoisotopic (exact) mass is 805 g/mol. The molecule has 1 spiro atoms. The topological polar surface area (TPSA) is 137 Å². The first-order valence-corrected chi connectivity index (χ1v) is 20.7. The summed E-state index contributed by atoms with van der Waals surface area (Å²) < 4.78 is 15.6. The van der Waals surface area contributed by atoms with Crippen LogP contribution in [0.3, 0.4) is 0 Å². The van der Waals surface area contributed by atoms with Crippen LogP contribution in [0.15, 0.2) is 48.5 Å². The van der Waals surface area contributed by atoms with Crippen molar-refractivity contribution in [1.29, 1.82) is 5.26 Å². The highest BCUT2D eigenvalue weighted by Crippen LogP contribution is 2.46. The molecule has 0 radical (unpaired) electrons. The Kier molecular flexibility index (Phi) is 9.76. The van der Waals surface area contributed by atoms with Crippen molar-refractivity contribution in [2.75, 3.05) is 49.1 Å². The number of hydrogen-bond donors (Lipinski definition) is 1. The van der Waals surface area contributed by atoms with Gasteiger partial charge in [0.15, 0.2) is 0 Å². The second-order valence-electron chi connectivity index (χ2n) is 17.1. The molecule has 6 heterocycles. The van der Waals surface area contributed by atoms with Gasteiger partial charge < -0.3 is 14.7 Å². The van der Waals surface area contributed by atoms with Crippen molar-refractivity contribution in [3.05, 3.63) is 92.8 Å². The third-order valence-corrected chi connectivity index (χ3v) is 13.8. The second-order valence-corrected chi connectivity index (χ2v) is 17.5. The van der Waals surface area contributed by atoms with E-state index in [1.54, 1.807) is 29.2 Å². The molecule has 14 heteroatoms. The molecular weight excluding hydrogens is 761 g/mol. The van der Waals surface area contributed by atoms with Crippen molar-refractivity contribution in [2.24, 2.45) is 11.3 Å². The number of amides is 5. The lowest BCUT2D eigenvalue weighted by Crippen LogP contribution is -2.54. The lowest BCUT2D eigenvalue weighted by Gasteiger charge is -2.40. The highest BCUT2D eigenvalue weighted by atomic mass is 35.5. The van der Waals surface area contributed by atoms with Gasteiger partial charge in [-0.05, 0) is 116 Å². The number of nitrogens with one attached hydrogen (secondary N) is 1. The van der Waals surface area contributed by atoms with Gasteiger partial charge in [0.2, 0.25) is 11.8 Å². The molecule has 0 bridgehead atoms. The third kappa shape index (κ3) is 6.79. The van der Waals surface area contributed by atoms with Crippen molar-refractivity contribution >= 4 is 52.5 Å². The van der Waals surface area contributed by atoms with Crippen LogP contribution in [0.5, 0.6) is 0 Å². The molecule has 6 aliphatic heterocycles. The Balaban J connectivity index is 0.759. The summed E-state index contributed by atoms with van der Waals surface area (Å²) in [7, 11) is 0. The quantitative estimate of drug-likeness (QED) is 0.320. The zero-order valence-electron chi connectivity index (χ0n) is 32.4. The Morgan fingerprint density at radius 1 is 0.914 bits per heavy atom. The molecule has 58 heavy (non-hydrogen) atoms. The zero-order valence-corrected chi connectivity index (χ0v) is 33.2. The molecule has 0 aromatic heterocycles. The smallest absolute Gasteiger partial charge is 0.262 e. The summed E-state index contributed by atoms with van der Waals surface area (Å²) in [6, 6.07) is 15.7. The first kappa shape index (κ1) is 38.2. The van der Waals surface area contributed by atoms with Crippen LogP contribution in [0.1, 0.15) is 99.6 Å². The number of nitriles is 1. The summed E-state index contributed by atoms with van der Waals surface area (Å²) >= 11 is 6.36. The van der Waals surface area contributed by atoms with Gasteiger partial charge in [-0.15, -0.1) is 0 Å². The number of benzene rings is 3. The number of rotatable bonds is 6. The maximum Gasteiger partial charge on any atom is 0.262 e. The fourth-order valence-electron chi connectivity index (χ4n) is 10.3. The number of imide groups is 2. The molecule has 4 fully saturated rings. The maximum absolute atomic E-state index is 15.6. The molecule has 4 saturated heterocycles. The Labute approximate surface area is 341 Å². The van der Waals surface area contributed by atoms with Crippen LogP contribution < -0.4 is 15.1 Å². The summed E-state index contributed by atoms with van der Waals surface area (Å²) in [6.45, 7) is 7.88. The molecule has 6 aliphatic rings. The average Bonchev–Trinajstić information content (AvgIpc) is 3.83. The number of piperidine rings is 3. The van der Waals surface area contributed by atoms with E-state index in [0.29, 0.717) is 59.9 Å². The van der Waals surface area contributed by atoms with Gasteiger partial charge in [-0.25, -0.2) is 4.39 Å². The summed E-state index contributed by atoms with van der Waals surface area (Å²) in [4.78, 5) is 73.9. The lowest BCUT2D eigenvalue weighted by molar-refractivity contribution is -0.136. The van der Waals surface area contributed by atoms with Crippen LogP contribution in [-0.4, -0.2) is 95.6 Å². The number of halogens is 2. The van der Waals surface area contributed by atoms with E-state index in [2.05, 4.69) is 33.0 Å². The number of fused-ring (bicyclic) bond motifs is 2. The summed E-state index contributed by atoms with van der Waals surface area (Å²) in [6.07, 6.45) is 4.79. The second kappa shape index (κ2) is 14.8. The van der Waals surface area contributed by atoms with Crippen LogP contribution in [0.2, 0.25) is 5.02 Å². The molecule has 9 rings (SSSR count). The van der Waals surface area contributed by atoms with Gasteiger partial charge in [0.05, 0.1) is 27.3 Å². The number of likely N-dealkylation sites (tertiary alicyclic amines) is 1. The van der Waals surface area contributed by atoms with Crippen LogP contribution in [0.25, 0.3) is 0 Å². The van der Waals surface area contributed by atoms with Crippen molar-refractivity contribution in [3.8, 4) is 6.07 Å². The minimum Gasteiger partial charge on any atom is -0.371 e. The molecule has 0 saturated carbocycles. The summed E-state index contributed by atoms with van der Waals surface area (Å²) in [5, 5.41) is 12.0. The largest absolute Gasteiger partial charge is 0.371 e. The van der Waals surface area contributed by atoms with Gasteiger partial charge in [0.1, 0.15) is 17.9 Å². The van der Waals surface area contributed by atoms with E-state index in [1.807, 2.05) is 18.2 Å². The van der Waals surface area contributed by atoms with E-state index in [4.69, 9.17) is 11.6 Å². The highest BCUT2D eigenvalue weighted by Gasteiger charge is 2.46. The molecule has 3 aromatic carbocycles. The van der Waals surface area contributed by atoms with E-state index in [-0.39, 0.29) is 29.7 Å². The predicted molar refractivity (Wildman–Crippen MR) is 214 cm³/mol. The molecule has 3 aromatic rings. The van der Waals surface area contributed by atoms with E-state index in [1.165, 1.54) is 6.07 Å². The van der Waals surface area contributed by atoms with Crippen LogP contribution in [0.4, 0.5) is 15.8 Å². The van der Waals surface area contributed by atoms with Crippen molar-refractivity contribution in [1.82, 2.24) is 20.0 Å². The number of carbonyl (C=O) groups is 5. The van der Waals surface area contributed by atoms with Gasteiger partial charge in [0, 0.05) is 76.2 Å². The Bertz CT molecular complexity index is 2250. The van der Waals surface area contributed by atoms with Gasteiger partial charge >= 0.3 is 0 Å². The fraction of sp³-hybridized carbons (Fsp3) is 0.455. The van der Waals surface area contributed by atoms with E-state index >= 15 is 4.39 Å². The molecule has 300 valence electrons. The Morgan fingerprint density at radius 2 is 1.59 bits per heavy atom. The van der Waals surface area contributed by atoms with Gasteiger partial charge in [-0.1, -0.05) is 11.6 Å². The summed E-state index contributed by atoms with van der Waals surface area (Å²) in [5.41, 5.74) is 5.10. The molecule has 2 atom stereocenters. The van der Waals surface area contributed by atoms with Crippen molar-refractivity contribution in [2.45, 2.75) is 77.0 Å². The van der Waals surface area contributed by atoms with Crippen LogP contribution >= 0.6 is 11.6 Å². The first-order valence-electron chi connectivity index (χ1n) is 20.3. The predicted octanol–water partition coefficient (Wildman–Crippen LogP) is 5.51. The number of hydrogen-bond acceptors (Lipinski definition) is 9. The standard InChI is InChI=1S/C44H45ClFN7O5/c1-26-20-44(25-52(26)32-3-2-28(21-47)36(45)18-32)10-14-50(15-11-44)31-4-5-33(37(46)19-31)41(56)51-12-8-27(9-13-51)22-49-23-29-16-34-35(17-30(29)24-49)43(58)53(42(34)57)38-6-7-39(54)48-40(38)55/h2-5,16-19,26-27,38H,6-15,20,22-25H2,1H3,(H,48,54,55)/t26-,38?/m0/s1. The zero-order chi connectivity index (χ0) is 40.5. The molecule has 1 unspecified atom stereocenters. The normalized spacial score (nSPS) is 23.4. The maximum atomic E-state index is 15.6. The number of anilines is 2. The van der Waals surface area contributed by atoms with Crippen LogP contribution in [-0.2, 0) is 22.7 Å².